The number of aromatic amines is 1. The lowest BCUT2D eigenvalue weighted by Gasteiger charge is -2.34. The summed E-state index contributed by atoms with van der Waals surface area (Å²) in [5.74, 6) is 0. The fourth-order valence-electron chi connectivity index (χ4n) is 2.32. The van der Waals surface area contributed by atoms with Gasteiger partial charge in [0, 0.05) is 31.9 Å². The Labute approximate surface area is 105 Å². The largest absolute Gasteiger partial charge is 0.369 e. The average Bonchev–Trinajstić information content (AvgIpc) is 2.40. The monoisotopic (exact) mass is 244 g/mol. The highest BCUT2D eigenvalue weighted by molar-refractivity contribution is 5.81. The minimum Gasteiger partial charge on any atom is -0.369 e. The number of nitrogens with zero attached hydrogens (tertiary/aromatic N) is 3. The van der Waals surface area contributed by atoms with E-state index in [1.807, 2.05) is 18.2 Å². The molecule has 0 atom stereocenters. The Hall–Kier alpha value is -1.88. The molecule has 3 rings (SSSR count). The smallest absolute Gasteiger partial charge is 0.258 e. The standard InChI is InChI=1S/C13H16N4O/c1-16-4-6-17(7-5-16)10-2-3-12-11(8-10)13(18)15-9-14-12/h2-3,8-9H,4-7H2,1H3,(H,14,15,18). The molecule has 94 valence electrons. The highest BCUT2D eigenvalue weighted by Gasteiger charge is 2.14. The van der Waals surface area contributed by atoms with E-state index in [0.29, 0.717) is 5.39 Å². The van der Waals surface area contributed by atoms with Gasteiger partial charge in [0.05, 0.1) is 17.2 Å². The van der Waals surface area contributed by atoms with Gasteiger partial charge < -0.3 is 14.8 Å². The first-order valence-corrected chi connectivity index (χ1v) is 6.15. The molecule has 0 radical (unpaired) electrons. The minimum absolute atomic E-state index is 0.0732. The molecule has 1 saturated heterocycles. The molecule has 0 bridgehead atoms. The van der Waals surface area contributed by atoms with Gasteiger partial charge in [-0.3, -0.25) is 4.79 Å². The fraction of sp³-hybridized carbons (Fsp3) is 0.385. The Bertz CT molecular complexity index is 614. The van der Waals surface area contributed by atoms with Crippen molar-refractivity contribution in [2.45, 2.75) is 0 Å². The zero-order chi connectivity index (χ0) is 12.5. The molecular weight excluding hydrogens is 228 g/mol. The summed E-state index contributed by atoms with van der Waals surface area (Å²) in [6.07, 6.45) is 1.44. The summed E-state index contributed by atoms with van der Waals surface area (Å²) in [7, 11) is 2.13. The first kappa shape index (κ1) is 11.2. The van der Waals surface area contributed by atoms with Crippen molar-refractivity contribution in [3.8, 4) is 0 Å². The van der Waals surface area contributed by atoms with Crippen LogP contribution in [0.15, 0.2) is 29.3 Å². The van der Waals surface area contributed by atoms with Gasteiger partial charge in [-0.05, 0) is 25.2 Å². The summed E-state index contributed by atoms with van der Waals surface area (Å²) in [5.41, 5.74) is 1.78. The molecule has 2 heterocycles. The van der Waals surface area contributed by atoms with E-state index >= 15 is 0 Å². The number of anilines is 1. The Balaban J connectivity index is 1.98. The van der Waals surface area contributed by atoms with Crippen LogP contribution in [-0.2, 0) is 0 Å². The van der Waals surface area contributed by atoms with Crippen molar-refractivity contribution < 1.29 is 0 Å². The molecule has 1 aliphatic rings. The first-order valence-electron chi connectivity index (χ1n) is 6.15. The van der Waals surface area contributed by atoms with E-state index in [9.17, 15) is 4.79 Å². The number of likely N-dealkylation sites (N-methyl/N-ethyl adjacent to an activating group) is 1. The predicted molar refractivity (Wildman–Crippen MR) is 72.1 cm³/mol. The van der Waals surface area contributed by atoms with Crippen molar-refractivity contribution in [3.63, 3.8) is 0 Å². The number of hydrogen-bond acceptors (Lipinski definition) is 4. The second-order valence-corrected chi connectivity index (χ2v) is 4.72. The van der Waals surface area contributed by atoms with E-state index in [-0.39, 0.29) is 5.56 Å². The molecule has 1 N–H and O–H groups in total. The van der Waals surface area contributed by atoms with E-state index in [2.05, 4.69) is 26.8 Å². The lowest BCUT2D eigenvalue weighted by molar-refractivity contribution is 0.313. The molecule has 1 aliphatic heterocycles. The lowest BCUT2D eigenvalue weighted by Crippen LogP contribution is -2.44. The number of benzene rings is 1. The molecule has 0 saturated carbocycles. The van der Waals surface area contributed by atoms with Crippen LogP contribution in [-0.4, -0.2) is 48.1 Å². The molecular formula is C13H16N4O. The summed E-state index contributed by atoms with van der Waals surface area (Å²) >= 11 is 0. The molecule has 2 aromatic rings. The van der Waals surface area contributed by atoms with Crippen LogP contribution in [0.1, 0.15) is 0 Å². The van der Waals surface area contributed by atoms with Gasteiger partial charge in [-0.1, -0.05) is 0 Å². The minimum atomic E-state index is -0.0732. The summed E-state index contributed by atoms with van der Waals surface area (Å²) in [5, 5.41) is 0.661. The summed E-state index contributed by atoms with van der Waals surface area (Å²) in [6, 6.07) is 5.89. The van der Waals surface area contributed by atoms with Crippen LogP contribution >= 0.6 is 0 Å². The van der Waals surface area contributed by atoms with Crippen LogP contribution in [0.5, 0.6) is 0 Å². The molecule has 0 aliphatic carbocycles. The first-order chi connectivity index (χ1) is 8.74. The van der Waals surface area contributed by atoms with Gasteiger partial charge >= 0.3 is 0 Å². The quantitative estimate of drug-likeness (QED) is 0.801. The Morgan fingerprint density at radius 2 is 2.00 bits per heavy atom. The molecule has 1 aromatic carbocycles. The zero-order valence-corrected chi connectivity index (χ0v) is 10.4. The van der Waals surface area contributed by atoms with Crippen LogP contribution < -0.4 is 10.5 Å². The van der Waals surface area contributed by atoms with Gasteiger partial charge in [0.2, 0.25) is 0 Å². The molecule has 0 unspecified atom stereocenters. The summed E-state index contributed by atoms with van der Waals surface area (Å²) in [6.45, 7) is 4.11. The summed E-state index contributed by atoms with van der Waals surface area (Å²) in [4.78, 5) is 23.1. The second kappa shape index (κ2) is 4.42. The van der Waals surface area contributed by atoms with Crippen LogP contribution in [0.25, 0.3) is 10.9 Å². The van der Waals surface area contributed by atoms with Gasteiger partial charge in [0.1, 0.15) is 0 Å². The van der Waals surface area contributed by atoms with E-state index in [0.717, 1.165) is 37.4 Å². The van der Waals surface area contributed by atoms with Crippen LogP contribution in [0.3, 0.4) is 0 Å². The molecule has 18 heavy (non-hydrogen) atoms. The Morgan fingerprint density at radius 1 is 1.22 bits per heavy atom. The predicted octanol–water partition coefficient (Wildman–Crippen LogP) is 0.675. The Morgan fingerprint density at radius 3 is 2.78 bits per heavy atom. The highest BCUT2D eigenvalue weighted by atomic mass is 16.1. The average molecular weight is 244 g/mol. The van der Waals surface area contributed by atoms with Gasteiger partial charge in [-0.15, -0.1) is 0 Å². The van der Waals surface area contributed by atoms with Crippen molar-refractivity contribution in [3.05, 3.63) is 34.9 Å². The molecule has 0 spiro atoms. The summed E-state index contributed by atoms with van der Waals surface area (Å²) < 4.78 is 0. The third-order valence-electron chi connectivity index (χ3n) is 3.49. The van der Waals surface area contributed by atoms with Gasteiger partial charge in [-0.2, -0.15) is 0 Å². The van der Waals surface area contributed by atoms with E-state index in [1.165, 1.54) is 6.33 Å². The van der Waals surface area contributed by atoms with Crippen molar-refractivity contribution >= 4 is 16.6 Å². The van der Waals surface area contributed by atoms with Crippen LogP contribution in [0.4, 0.5) is 5.69 Å². The zero-order valence-electron chi connectivity index (χ0n) is 10.4. The van der Waals surface area contributed by atoms with E-state index in [1.54, 1.807) is 0 Å². The fourth-order valence-corrected chi connectivity index (χ4v) is 2.32. The number of piperazine rings is 1. The maximum Gasteiger partial charge on any atom is 0.258 e. The number of nitrogens with one attached hydrogen (secondary N) is 1. The van der Waals surface area contributed by atoms with E-state index < -0.39 is 0 Å². The topological polar surface area (TPSA) is 52.2 Å². The molecule has 0 amide bonds. The van der Waals surface area contributed by atoms with Crippen molar-refractivity contribution in [2.75, 3.05) is 38.1 Å². The number of fused-ring (bicyclic) bond motifs is 1. The number of rotatable bonds is 1. The number of aromatic nitrogens is 2. The van der Waals surface area contributed by atoms with Crippen LogP contribution in [0, 0.1) is 0 Å². The van der Waals surface area contributed by atoms with Gasteiger partial charge in [-0.25, -0.2) is 4.98 Å². The molecule has 5 nitrogen and oxygen atoms in total. The maximum atomic E-state index is 11.7. The Kier molecular flexibility index (Phi) is 2.76. The second-order valence-electron chi connectivity index (χ2n) is 4.72. The highest BCUT2D eigenvalue weighted by Crippen LogP contribution is 2.19. The van der Waals surface area contributed by atoms with Gasteiger partial charge in [0.15, 0.2) is 0 Å². The number of hydrogen-bond donors (Lipinski definition) is 1. The van der Waals surface area contributed by atoms with Crippen molar-refractivity contribution in [1.82, 2.24) is 14.9 Å². The van der Waals surface area contributed by atoms with E-state index in [4.69, 9.17) is 0 Å². The SMILES string of the molecule is CN1CCN(c2ccc3nc[nH]c(=O)c3c2)CC1. The molecule has 5 heteroatoms. The maximum absolute atomic E-state index is 11.7. The lowest BCUT2D eigenvalue weighted by atomic mass is 10.2. The third kappa shape index (κ3) is 1.97. The molecule has 1 fully saturated rings. The number of H-pyrrole nitrogens is 1. The van der Waals surface area contributed by atoms with Gasteiger partial charge in [0.25, 0.3) is 5.56 Å². The van der Waals surface area contributed by atoms with Crippen molar-refractivity contribution in [2.24, 2.45) is 0 Å². The normalized spacial score (nSPS) is 17.3. The van der Waals surface area contributed by atoms with Crippen LogP contribution in [0.2, 0.25) is 0 Å². The molecule has 1 aromatic heterocycles. The third-order valence-corrected chi connectivity index (χ3v) is 3.49. The van der Waals surface area contributed by atoms with Crippen molar-refractivity contribution in [1.29, 1.82) is 0 Å².